The molecular weight excluding hydrogens is 344 g/mol. The molecule has 0 aliphatic rings. The molecule has 0 bridgehead atoms. The zero-order valence-corrected chi connectivity index (χ0v) is 14.7. The van der Waals surface area contributed by atoms with Gasteiger partial charge >= 0.3 is 0 Å². The van der Waals surface area contributed by atoms with Gasteiger partial charge in [0, 0.05) is 11.1 Å². The van der Waals surface area contributed by atoms with Crippen molar-refractivity contribution < 1.29 is 4.74 Å². The van der Waals surface area contributed by atoms with E-state index in [9.17, 15) is 5.26 Å². The van der Waals surface area contributed by atoms with Crippen molar-refractivity contribution in [3.05, 3.63) is 65.3 Å². The van der Waals surface area contributed by atoms with Crippen LogP contribution in [0.2, 0.25) is 0 Å². The van der Waals surface area contributed by atoms with E-state index in [1.807, 2.05) is 54.6 Å². The van der Waals surface area contributed by atoms with Gasteiger partial charge < -0.3 is 4.74 Å². The normalized spacial score (nSPS) is 11.5. The first-order valence-electron chi connectivity index (χ1n) is 7.94. The number of nitrogens with zero attached hydrogens (tertiary/aromatic N) is 3. The highest BCUT2D eigenvalue weighted by Crippen LogP contribution is 2.30. The van der Waals surface area contributed by atoms with Gasteiger partial charge in [0.2, 0.25) is 0 Å². The fourth-order valence-corrected chi connectivity index (χ4v) is 3.61. The van der Waals surface area contributed by atoms with Crippen LogP contribution in [0.5, 0.6) is 5.75 Å². The number of nitriles is 1. The highest BCUT2D eigenvalue weighted by molar-refractivity contribution is 7.19. The Morgan fingerprint density at radius 3 is 2.73 bits per heavy atom. The predicted octanol–water partition coefficient (Wildman–Crippen LogP) is 4.76. The summed E-state index contributed by atoms with van der Waals surface area (Å²) in [4.78, 5) is 4.57. The maximum Gasteiger partial charge on any atom is 0.135 e. The lowest BCUT2D eigenvalue weighted by atomic mass is 10.1. The summed E-state index contributed by atoms with van der Waals surface area (Å²) in [5.74, 6) is 0.789. The second-order valence-electron chi connectivity index (χ2n) is 5.59. The smallest absolute Gasteiger partial charge is 0.135 e. The molecule has 1 N–H and O–H groups in total. The van der Waals surface area contributed by atoms with E-state index in [1.165, 1.54) is 11.3 Å². The number of para-hydroxylation sites is 1. The first-order chi connectivity index (χ1) is 12.8. The Balaban J connectivity index is 1.75. The molecule has 0 spiro atoms. The van der Waals surface area contributed by atoms with Crippen LogP contribution >= 0.6 is 11.3 Å². The van der Waals surface area contributed by atoms with E-state index < -0.39 is 0 Å². The fourth-order valence-electron chi connectivity index (χ4n) is 2.68. The minimum Gasteiger partial charge on any atom is -0.497 e. The lowest BCUT2D eigenvalue weighted by Gasteiger charge is -2.03. The van der Waals surface area contributed by atoms with Crippen molar-refractivity contribution in [3.8, 4) is 23.1 Å². The van der Waals surface area contributed by atoms with E-state index in [-0.39, 0.29) is 0 Å². The maximum absolute atomic E-state index is 9.63. The molecule has 2 aromatic heterocycles. The van der Waals surface area contributed by atoms with Gasteiger partial charge in [-0.25, -0.2) is 4.98 Å². The van der Waals surface area contributed by atoms with Crippen molar-refractivity contribution in [1.82, 2.24) is 15.2 Å². The molecule has 5 nitrogen and oxygen atoms in total. The number of benzene rings is 2. The molecule has 126 valence electrons. The number of hydrogen-bond donors (Lipinski definition) is 1. The van der Waals surface area contributed by atoms with E-state index in [0.717, 1.165) is 32.8 Å². The van der Waals surface area contributed by atoms with E-state index >= 15 is 0 Å². The SMILES string of the molecule is COc1ccc(-c2[nH]ncc2/C=C(/C#N)c2nc3ccccc3s2)cc1. The second kappa shape index (κ2) is 6.82. The number of fused-ring (bicyclic) bond motifs is 1. The molecule has 4 rings (SSSR count). The number of aromatic nitrogens is 3. The van der Waals surface area contributed by atoms with Crippen LogP contribution in [0.15, 0.2) is 54.7 Å². The number of H-pyrrole nitrogens is 1. The summed E-state index contributed by atoms with van der Waals surface area (Å²) in [6.45, 7) is 0. The molecule has 2 heterocycles. The van der Waals surface area contributed by atoms with E-state index in [4.69, 9.17) is 4.74 Å². The van der Waals surface area contributed by atoms with Crippen molar-refractivity contribution in [2.75, 3.05) is 7.11 Å². The lowest BCUT2D eigenvalue weighted by molar-refractivity contribution is 0.415. The molecule has 26 heavy (non-hydrogen) atoms. The highest BCUT2D eigenvalue weighted by atomic mass is 32.1. The number of hydrogen-bond acceptors (Lipinski definition) is 5. The van der Waals surface area contributed by atoms with Crippen LogP contribution in [0.4, 0.5) is 0 Å². The van der Waals surface area contributed by atoms with Crippen LogP contribution < -0.4 is 4.74 Å². The monoisotopic (exact) mass is 358 g/mol. The number of nitrogens with one attached hydrogen (secondary N) is 1. The van der Waals surface area contributed by atoms with Gasteiger partial charge in [0.15, 0.2) is 0 Å². The Morgan fingerprint density at radius 2 is 2.00 bits per heavy atom. The summed E-state index contributed by atoms with van der Waals surface area (Å²) in [5.41, 5.74) is 4.07. The summed E-state index contributed by atoms with van der Waals surface area (Å²) < 4.78 is 6.26. The van der Waals surface area contributed by atoms with E-state index in [2.05, 4.69) is 21.3 Å². The third kappa shape index (κ3) is 2.96. The quantitative estimate of drug-likeness (QED) is 0.534. The molecule has 0 atom stereocenters. The number of aromatic amines is 1. The first-order valence-corrected chi connectivity index (χ1v) is 8.75. The molecule has 0 saturated carbocycles. The minimum atomic E-state index is 0.516. The molecule has 0 aliphatic carbocycles. The topological polar surface area (TPSA) is 74.6 Å². The van der Waals surface area contributed by atoms with Crippen molar-refractivity contribution in [1.29, 1.82) is 5.26 Å². The Morgan fingerprint density at radius 1 is 1.19 bits per heavy atom. The third-order valence-corrected chi connectivity index (χ3v) is 5.06. The van der Waals surface area contributed by atoms with Crippen LogP contribution in [-0.2, 0) is 0 Å². The molecule has 0 unspecified atom stereocenters. The maximum atomic E-state index is 9.63. The number of ether oxygens (including phenoxy) is 1. The van der Waals surface area contributed by atoms with E-state index in [1.54, 1.807) is 13.3 Å². The number of allylic oxidation sites excluding steroid dienone is 1. The molecule has 0 fully saturated rings. The van der Waals surface area contributed by atoms with Gasteiger partial charge in [-0.15, -0.1) is 11.3 Å². The van der Waals surface area contributed by atoms with Gasteiger partial charge in [0.25, 0.3) is 0 Å². The third-order valence-electron chi connectivity index (χ3n) is 3.99. The number of methoxy groups -OCH3 is 1. The molecule has 0 radical (unpaired) electrons. The Kier molecular flexibility index (Phi) is 4.22. The largest absolute Gasteiger partial charge is 0.497 e. The average Bonchev–Trinajstić information content (AvgIpc) is 3.32. The van der Waals surface area contributed by atoms with Crippen LogP contribution in [0.25, 0.3) is 33.1 Å². The fraction of sp³-hybridized carbons (Fsp3) is 0.0500. The molecule has 0 saturated heterocycles. The van der Waals surface area contributed by atoms with Crippen LogP contribution in [-0.4, -0.2) is 22.3 Å². The van der Waals surface area contributed by atoms with Gasteiger partial charge in [-0.05, 0) is 42.5 Å². The summed E-state index contributed by atoms with van der Waals surface area (Å²) >= 11 is 1.51. The first kappa shape index (κ1) is 16.1. The number of thiazole rings is 1. The lowest BCUT2D eigenvalue weighted by Crippen LogP contribution is -1.85. The summed E-state index contributed by atoms with van der Waals surface area (Å²) in [6.07, 6.45) is 3.53. The Hall–Kier alpha value is -3.43. The zero-order valence-electron chi connectivity index (χ0n) is 13.9. The van der Waals surface area contributed by atoms with Crippen molar-refractivity contribution in [2.24, 2.45) is 0 Å². The summed E-state index contributed by atoms with van der Waals surface area (Å²) in [5, 5.41) is 17.5. The molecule has 6 heteroatoms. The van der Waals surface area contributed by atoms with Gasteiger partial charge in [-0.3, -0.25) is 5.10 Å². The molecule has 2 aromatic carbocycles. The highest BCUT2D eigenvalue weighted by Gasteiger charge is 2.12. The molecule has 4 aromatic rings. The zero-order chi connectivity index (χ0) is 17.9. The van der Waals surface area contributed by atoms with Crippen LogP contribution in [0.1, 0.15) is 10.6 Å². The van der Waals surface area contributed by atoms with Crippen LogP contribution in [0.3, 0.4) is 0 Å². The second-order valence-corrected chi connectivity index (χ2v) is 6.62. The molecule has 0 aliphatic heterocycles. The molecular formula is C20H14N4OS. The minimum absolute atomic E-state index is 0.516. The summed E-state index contributed by atoms with van der Waals surface area (Å²) in [7, 11) is 1.64. The van der Waals surface area contributed by atoms with Gasteiger partial charge in [-0.1, -0.05) is 12.1 Å². The van der Waals surface area contributed by atoms with Crippen molar-refractivity contribution in [2.45, 2.75) is 0 Å². The predicted molar refractivity (Wildman–Crippen MR) is 104 cm³/mol. The molecule has 0 amide bonds. The van der Waals surface area contributed by atoms with Gasteiger partial charge in [0.1, 0.15) is 16.8 Å². The van der Waals surface area contributed by atoms with Crippen LogP contribution in [0, 0.1) is 11.3 Å². The Bertz CT molecular complexity index is 1100. The van der Waals surface area contributed by atoms with Gasteiger partial charge in [0.05, 0.1) is 34.8 Å². The standard InChI is InChI=1S/C20H14N4OS/c1-25-16-8-6-13(7-9-16)19-15(12-22-24-19)10-14(11-21)20-23-17-4-2-3-5-18(17)26-20/h2-10,12H,1H3,(H,22,24)/b14-10-. The number of rotatable bonds is 4. The Labute approximate surface area is 154 Å². The average molecular weight is 358 g/mol. The van der Waals surface area contributed by atoms with E-state index in [0.29, 0.717) is 10.6 Å². The van der Waals surface area contributed by atoms with Crippen molar-refractivity contribution in [3.63, 3.8) is 0 Å². The van der Waals surface area contributed by atoms with Gasteiger partial charge in [-0.2, -0.15) is 10.4 Å². The summed E-state index contributed by atoms with van der Waals surface area (Å²) in [6, 6.07) is 17.8. The van der Waals surface area contributed by atoms with Crippen molar-refractivity contribution >= 4 is 33.2 Å².